The fourth-order valence-electron chi connectivity index (χ4n) is 3.05. The summed E-state index contributed by atoms with van der Waals surface area (Å²) in [4.78, 5) is 16.3. The van der Waals surface area contributed by atoms with Crippen LogP contribution in [0.25, 0.3) is 0 Å². The average molecular weight is 442 g/mol. The minimum Gasteiger partial charge on any atom is -0.357 e. The maximum atomic E-state index is 12.7. The topological polar surface area (TPSA) is 58.4 Å². The molecule has 0 bridgehead atoms. The zero-order valence-corrected chi connectivity index (χ0v) is 17.7. The van der Waals surface area contributed by atoms with Gasteiger partial charge in [0.05, 0.1) is 18.7 Å². The molecule has 3 aromatic rings. The number of alkyl halides is 3. The molecule has 0 aliphatic rings. The Balaban J connectivity index is 1.58. The lowest BCUT2D eigenvalue weighted by Gasteiger charge is -2.12. The average Bonchev–Trinajstić information content (AvgIpc) is 2.78. The fourth-order valence-corrected chi connectivity index (χ4v) is 3.05. The van der Waals surface area contributed by atoms with Crippen molar-refractivity contribution in [1.29, 1.82) is 0 Å². The molecule has 0 saturated carbocycles. The molecule has 3 rings (SSSR count). The first-order chi connectivity index (χ1) is 15.3. The van der Waals surface area contributed by atoms with E-state index in [-0.39, 0.29) is 12.1 Å². The molecule has 0 unspecified atom stereocenters. The molecule has 0 fully saturated rings. The summed E-state index contributed by atoms with van der Waals surface area (Å²) in [5, 5.41) is 6.35. The van der Waals surface area contributed by atoms with Crippen molar-refractivity contribution in [2.75, 3.05) is 6.54 Å². The third-order valence-electron chi connectivity index (χ3n) is 4.78. The van der Waals surface area contributed by atoms with Gasteiger partial charge >= 0.3 is 6.18 Å². The summed E-state index contributed by atoms with van der Waals surface area (Å²) in [5.74, 6) is 0.576. The molecular weight excluding hydrogens is 417 g/mol. The highest BCUT2D eigenvalue weighted by atomic mass is 19.4. The van der Waals surface area contributed by atoms with Gasteiger partial charge in [0.25, 0.3) is 5.56 Å². The molecule has 168 valence electrons. The lowest BCUT2D eigenvalue weighted by molar-refractivity contribution is -0.137. The van der Waals surface area contributed by atoms with Gasteiger partial charge in [-0.3, -0.25) is 4.79 Å². The second-order valence-corrected chi connectivity index (χ2v) is 7.23. The quantitative estimate of drug-likeness (QED) is 0.427. The number of benzene rings is 2. The lowest BCUT2D eigenvalue weighted by atomic mass is 10.1. The van der Waals surface area contributed by atoms with Crippen LogP contribution in [0.3, 0.4) is 0 Å². The maximum Gasteiger partial charge on any atom is 0.416 e. The second-order valence-electron chi connectivity index (χ2n) is 7.23. The molecule has 0 atom stereocenters. The molecule has 32 heavy (non-hydrogen) atoms. The SMILES string of the molecule is CCNC(=NCc1ccc(C(F)(F)F)cc1)NCc1ccc(Cn2ccccc2=O)cc1. The first-order valence-corrected chi connectivity index (χ1v) is 10.3. The highest BCUT2D eigenvalue weighted by molar-refractivity contribution is 5.79. The third kappa shape index (κ3) is 6.73. The van der Waals surface area contributed by atoms with Gasteiger partial charge < -0.3 is 15.2 Å². The highest BCUT2D eigenvalue weighted by Crippen LogP contribution is 2.29. The normalized spacial score (nSPS) is 11.9. The van der Waals surface area contributed by atoms with E-state index in [4.69, 9.17) is 0 Å². The molecule has 8 heteroatoms. The van der Waals surface area contributed by atoms with E-state index in [1.54, 1.807) is 16.8 Å². The first kappa shape index (κ1) is 23.1. The Morgan fingerprint density at radius 1 is 0.906 bits per heavy atom. The van der Waals surface area contributed by atoms with Crippen molar-refractivity contribution < 1.29 is 13.2 Å². The van der Waals surface area contributed by atoms with Gasteiger partial charge in [-0.2, -0.15) is 13.2 Å². The largest absolute Gasteiger partial charge is 0.416 e. The highest BCUT2D eigenvalue weighted by Gasteiger charge is 2.29. The molecule has 0 saturated heterocycles. The van der Waals surface area contributed by atoms with Gasteiger partial charge in [-0.05, 0) is 41.8 Å². The van der Waals surface area contributed by atoms with E-state index in [0.717, 1.165) is 23.3 Å². The van der Waals surface area contributed by atoms with Crippen molar-refractivity contribution in [3.8, 4) is 0 Å². The van der Waals surface area contributed by atoms with Crippen LogP contribution in [0.4, 0.5) is 13.2 Å². The summed E-state index contributed by atoms with van der Waals surface area (Å²) in [6, 6.07) is 18.0. The molecule has 2 aromatic carbocycles. The number of rotatable bonds is 7. The number of pyridine rings is 1. The van der Waals surface area contributed by atoms with Crippen LogP contribution in [0.15, 0.2) is 82.7 Å². The number of guanidine groups is 1. The minimum atomic E-state index is -4.34. The Bertz CT molecular complexity index is 1090. The van der Waals surface area contributed by atoms with Crippen LogP contribution in [0.5, 0.6) is 0 Å². The predicted octanol–water partition coefficient (Wildman–Crippen LogP) is 4.17. The summed E-state index contributed by atoms with van der Waals surface area (Å²) in [6.45, 7) is 3.90. The summed E-state index contributed by atoms with van der Waals surface area (Å²) >= 11 is 0. The number of aromatic nitrogens is 1. The predicted molar refractivity (Wildman–Crippen MR) is 119 cm³/mol. The molecule has 0 aliphatic carbocycles. The molecule has 0 radical (unpaired) electrons. The molecular formula is C24H25F3N4O. The third-order valence-corrected chi connectivity index (χ3v) is 4.78. The van der Waals surface area contributed by atoms with Gasteiger partial charge in [0.15, 0.2) is 5.96 Å². The summed E-state index contributed by atoms with van der Waals surface area (Å²) in [7, 11) is 0. The maximum absolute atomic E-state index is 12.7. The van der Waals surface area contributed by atoms with Crippen LogP contribution in [-0.4, -0.2) is 17.1 Å². The Morgan fingerprint density at radius 3 is 2.19 bits per heavy atom. The van der Waals surface area contributed by atoms with E-state index in [9.17, 15) is 18.0 Å². The van der Waals surface area contributed by atoms with Crippen molar-refractivity contribution in [1.82, 2.24) is 15.2 Å². The van der Waals surface area contributed by atoms with E-state index in [2.05, 4.69) is 15.6 Å². The smallest absolute Gasteiger partial charge is 0.357 e. The van der Waals surface area contributed by atoms with Crippen molar-refractivity contribution >= 4 is 5.96 Å². The van der Waals surface area contributed by atoms with Crippen LogP contribution >= 0.6 is 0 Å². The standard InChI is InChI=1S/C24H25F3N4O/c1-2-28-23(30-16-19-10-12-21(13-11-19)24(25,26)27)29-15-18-6-8-20(9-7-18)17-31-14-4-3-5-22(31)32/h3-14H,2,15-17H2,1H3,(H2,28,29,30). The van der Waals surface area contributed by atoms with Gasteiger partial charge in [0.2, 0.25) is 0 Å². The Hall–Kier alpha value is -3.55. The minimum absolute atomic E-state index is 0.0437. The fraction of sp³-hybridized carbons (Fsp3) is 0.250. The Morgan fingerprint density at radius 2 is 1.56 bits per heavy atom. The van der Waals surface area contributed by atoms with E-state index in [0.29, 0.717) is 31.2 Å². The van der Waals surface area contributed by atoms with Crippen LogP contribution < -0.4 is 16.2 Å². The van der Waals surface area contributed by atoms with Gasteiger partial charge in [-0.25, -0.2) is 4.99 Å². The zero-order valence-electron chi connectivity index (χ0n) is 17.7. The summed E-state index contributed by atoms with van der Waals surface area (Å²) in [6.07, 6.45) is -2.58. The Kier molecular flexibility index (Phi) is 7.70. The van der Waals surface area contributed by atoms with E-state index in [1.165, 1.54) is 18.2 Å². The van der Waals surface area contributed by atoms with Crippen molar-refractivity contribution in [2.24, 2.45) is 4.99 Å². The van der Waals surface area contributed by atoms with Gasteiger partial charge in [0.1, 0.15) is 0 Å². The molecule has 0 spiro atoms. The monoisotopic (exact) mass is 442 g/mol. The van der Waals surface area contributed by atoms with Crippen LogP contribution in [0.2, 0.25) is 0 Å². The Labute approximate surface area is 184 Å². The molecule has 2 N–H and O–H groups in total. The van der Waals surface area contributed by atoms with Gasteiger partial charge in [0, 0.05) is 25.4 Å². The number of aliphatic imine (C=N–C) groups is 1. The van der Waals surface area contributed by atoms with Gasteiger partial charge in [-0.1, -0.05) is 42.5 Å². The lowest BCUT2D eigenvalue weighted by Crippen LogP contribution is -2.36. The molecule has 5 nitrogen and oxygen atoms in total. The van der Waals surface area contributed by atoms with E-state index in [1.807, 2.05) is 37.3 Å². The first-order valence-electron chi connectivity index (χ1n) is 10.3. The molecule has 1 aromatic heterocycles. The number of nitrogens with zero attached hydrogens (tertiary/aromatic N) is 2. The van der Waals surface area contributed by atoms with E-state index < -0.39 is 11.7 Å². The molecule has 1 heterocycles. The molecule has 0 aliphatic heterocycles. The van der Waals surface area contributed by atoms with Crippen molar-refractivity contribution in [3.05, 3.63) is 106 Å². The van der Waals surface area contributed by atoms with Crippen LogP contribution in [0, 0.1) is 0 Å². The summed E-state index contributed by atoms with van der Waals surface area (Å²) < 4.78 is 39.7. The zero-order chi connectivity index (χ0) is 23.0. The van der Waals surface area contributed by atoms with E-state index >= 15 is 0 Å². The van der Waals surface area contributed by atoms with Crippen molar-refractivity contribution in [3.63, 3.8) is 0 Å². The van der Waals surface area contributed by atoms with Crippen LogP contribution in [0.1, 0.15) is 29.2 Å². The van der Waals surface area contributed by atoms with Crippen molar-refractivity contribution in [2.45, 2.75) is 32.7 Å². The number of nitrogens with one attached hydrogen (secondary N) is 2. The number of hydrogen-bond donors (Lipinski definition) is 2. The van der Waals surface area contributed by atoms with Crippen LogP contribution in [-0.2, 0) is 25.8 Å². The molecule has 0 amide bonds. The van der Waals surface area contributed by atoms with Gasteiger partial charge in [-0.15, -0.1) is 0 Å². The number of halogens is 3. The second kappa shape index (κ2) is 10.7. The number of hydrogen-bond acceptors (Lipinski definition) is 2. The summed E-state index contributed by atoms with van der Waals surface area (Å²) in [5.41, 5.74) is 2.03.